The molecule has 0 radical (unpaired) electrons. The van der Waals surface area contributed by atoms with Crippen LogP contribution < -0.4 is 0 Å². The molecule has 0 aliphatic carbocycles. The van der Waals surface area contributed by atoms with Crippen molar-refractivity contribution in [2.75, 3.05) is 0 Å². The lowest BCUT2D eigenvalue weighted by Crippen LogP contribution is -1.97. The molecule has 0 atom stereocenters. The summed E-state index contributed by atoms with van der Waals surface area (Å²) in [6, 6.07) is 30.1. The van der Waals surface area contributed by atoms with E-state index in [0.29, 0.717) is 22.3 Å². The molecule has 2 heteroatoms. The van der Waals surface area contributed by atoms with Crippen LogP contribution in [0, 0.1) is 6.92 Å². The molecular formula is C42H28N2. The Kier molecular flexibility index (Phi) is 3.96. The van der Waals surface area contributed by atoms with E-state index < -0.39 is 24.2 Å². The number of para-hydroxylation sites is 2. The zero-order valence-electron chi connectivity index (χ0n) is 31.7. The highest BCUT2D eigenvalue weighted by atomic mass is 15.1. The molecule has 2 nitrogen and oxygen atoms in total. The Morgan fingerprint density at radius 3 is 1.82 bits per heavy atom. The van der Waals surface area contributed by atoms with Crippen molar-refractivity contribution in [1.82, 2.24) is 9.55 Å². The lowest BCUT2D eigenvalue weighted by Gasteiger charge is -2.20. The average Bonchev–Trinajstić information content (AvgIpc) is 3.51. The van der Waals surface area contributed by atoms with Gasteiger partial charge in [-0.3, -0.25) is 4.57 Å². The van der Waals surface area contributed by atoms with Gasteiger partial charge in [-0.2, -0.15) is 0 Å². The maximum atomic E-state index is 9.38. The topological polar surface area (TPSA) is 17.8 Å². The van der Waals surface area contributed by atoms with Gasteiger partial charge < -0.3 is 0 Å². The summed E-state index contributed by atoms with van der Waals surface area (Å²) in [6.07, 6.45) is 0. The molecule has 0 unspecified atom stereocenters. The normalized spacial score (nSPS) is 14.3. The zero-order valence-corrected chi connectivity index (χ0v) is 23.7. The van der Waals surface area contributed by atoms with Crippen LogP contribution >= 0.6 is 0 Å². The molecule has 9 aromatic rings. The van der Waals surface area contributed by atoms with Crippen LogP contribution in [0.3, 0.4) is 0 Å². The van der Waals surface area contributed by atoms with Crippen molar-refractivity contribution < 1.29 is 11.0 Å². The van der Waals surface area contributed by atoms with Crippen molar-refractivity contribution in [3.8, 4) is 27.9 Å². The molecule has 0 N–H and O–H groups in total. The van der Waals surface area contributed by atoms with E-state index in [2.05, 4.69) is 0 Å². The van der Waals surface area contributed by atoms with Gasteiger partial charge in [0.1, 0.15) is 5.82 Å². The predicted molar refractivity (Wildman–Crippen MR) is 187 cm³/mol. The Labute approximate surface area is 266 Å². The molecule has 0 saturated carbocycles. The maximum absolute atomic E-state index is 9.38. The minimum atomic E-state index is -0.426. The van der Waals surface area contributed by atoms with Crippen LogP contribution in [-0.4, -0.2) is 9.55 Å². The van der Waals surface area contributed by atoms with Gasteiger partial charge >= 0.3 is 0 Å². The highest BCUT2D eigenvalue weighted by Gasteiger charge is 2.19. The van der Waals surface area contributed by atoms with Crippen molar-refractivity contribution in [3.63, 3.8) is 0 Å². The molecule has 0 saturated heterocycles. The van der Waals surface area contributed by atoms with Gasteiger partial charge in [-0.05, 0) is 103 Å². The van der Waals surface area contributed by atoms with Crippen LogP contribution in [0.25, 0.3) is 82.1 Å². The van der Waals surface area contributed by atoms with Gasteiger partial charge in [0, 0.05) is 5.69 Å². The number of benzene rings is 8. The summed E-state index contributed by atoms with van der Waals surface area (Å²) in [5.41, 5.74) is 4.42. The number of aromatic nitrogens is 2. The van der Waals surface area contributed by atoms with E-state index in [4.69, 9.17) is 10.5 Å². The fraction of sp³-hybridized carbons (Fsp3) is 0.0238. The number of imidazole rings is 1. The fourth-order valence-corrected chi connectivity index (χ4v) is 6.69. The van der Waals surface area contributed by atoms with Gasteiger partial charge in [-0.25, -0.2) is 4.98 Å². The molecule has 44 heavy (non-hydrogen) atoms. The van der Waals surface area contributed by atoms with E-state index in [1.165, 1.54) is 0 Å². The van der Waals surface area contributed by atoms with Gasteiger partial charge in [0.2, 0.25) is 0 Å². The first-order chi connectivity index (χ1) is 25.1. The number of rotatable bonds is 3. The second-order valence-electron chi connectivity index (χ2n) is 11.0. The van der Waals surface area contributed by atoms with Crippen molar-refractivity contribution in [2.45, 2.75) is 6.92 Å². The first kappa shape index (κ1) is 18.0. The molecule has 206 valence electrons. The van der Waals surface area contributed by atoms with Crippen LogP contribution in [-0.2, 0) is 0 Å². The SMILES string of the molecule is [2H]c1c([2H])c([2H])c2c(-c3cc4ccccc4c4ccccc34)c3c([2H])c([2H])c([2H])c([2H])c3c(-c3ccc(-n4c(C)nc5ccccc54)cc3)c2c1[2H]. The summed E-state index contributed by atoms with van der Waals surface area (Å²) >= 11 is 0. The first-order valence-corrected chi connectivity index (χ1v) is 14.5. The molecule has 8 aromatic carbocycles. The summed E-state index contributed by atoms with van der Waals surface area (Å²) in [5, 5.41) is 4.36. The molecule has 9 rings (SSSR count). The third-order valence-electron chi connectivity index (χ3n) is 8.56. The lowest BCUT2D eigenvalue weighted by molar-refractivity contribution is 1.00. The molecule has 0 aliphatic rings. The second-order valence-corrected chi connectivity index (χ2v) is 11.0. The standard InChI is InChI=1S/C42H28N2/c1-27-43-39-20-10-11-21-40(39)44(27)30-24-22-28(23-25-30)41-34-16-6-8-18-36(34)42(37-19-9-7-17-35(37)41)38-26-29-12-2-3-13-31(29)32-14-4-5-15-33(32)38/h2-26H,1H3/i6D,7D,8D,9D,16D,17D,18D,19D. The van der Waals surface area contributed by atoms with Crippen LogP contribution in [0.5, 0.6) is 0 Å². The minimum absolute atomic E-state index is 0.188. The fourth-order valence-electron chi connectivity index (χ4n) is 6.69. The van der Waals surface area contributed by atoms with Crippen LogP contribution in [0.1, 0.15) is 16.8 Å². The monoisotopic (exact) mass is 568 g/mol. The van der Waals surface area contributed by atoms with Crippen molar-refractivity contribution in [1.29, 1.82) is 0 Å². The van der Waals surface area contributed by atoms with E-state index in [1.54, 1.807) is 0 Å². The van der Waals surface area contributed by atoms with Gasteiger partial charge in [-0.15, -0.1) is 0 Å². The molecule has 0 bridgehead atoms. The van der Waals surface area contributed by atoms with E-state index in [0.717, 1.165) is 44.1 Å². The van der Waals surface area contributed by atoms with Gasteiger partial charge in [0.25, 0.3) is 0 Å². The summed E-state index contributed by atoms with van der Waals surface area (Å²) < 4.78 is 74.7. The highest BCUT2D eigenvalue weighted by molar-refractivity contribution is 6.25. The number of hydrogen-bond acceptors (Lipinski definition) is 1. The molecule has 0 fully saturated rings. The quantitative estimate of drug-likeness (QED) is 0.153. The zero-order chi connectivity index (χ0) is 36.2. The third kappa shape index (κ3) is 3.64. The van der Waals surface area contributed by atoms with Crippen LogP contribution in [0.15, 0.2) is 151 Å². The van der Waals surface area contributed by atoms with Gasteiger partial charge in [-0.1, -0.05) is 121 Å². The number of nitrogens with zero attached hydrogens (tertiary/aromatic N) is 2. The Morgan fingerprint density at radius 2 is 1.11 bits per heavy atom. The smallest absolute Gasteiger partial charge is 0.111 e. The van der Waals surface area contributed by atoms with E-state index in [1.807, 2.05) is 115 Å². The van der Waals surface area contributed by atoms with Crippen LogP contribution in [0.2, 0.25) is 0 Å². The molecule has 1 aromatic heterocycles. The minimum Gasteiger partial charge on any atom is -0.297 e. The van der Waals surface area contributed by atoms with Crippen molar-refractivity contribution >= 4 is 54.1 Å². The maximum Gasteiger partial charge on any atom is 0.111 e. The number of hydrogen-bond donors (Lipinski definition) is 0. The van der Waals surface area contributed by atoms with Crippen LogP contribution in [0.4, 0.5) is 0 Å². The number of aryl methyl sites for hydroxylation is 1. The third-order valence-corrected chi connectivity index (χ3v) is 8.56. The summed E-state index contributed by atoms with van der Waals surface area (Å²) in [4.78, 5) is 4.70. The summed E-state index contributed by atoms with van der Waals surface area (Å²) in [6.45, 7) is 1.93. The molecule has 0 spiro atoms. The molecule has 0 aliphatic heterocycles. The number of fused-ring (bicyclic) bond motifs is 6. The molecule has 1 heterocycles. The Hall–Kier alpha value is -5.73. The van der Waals surface area contributed by atoms with Gasteiger partial charge in [0.05, 0.1) is 22.0 Å². The predicted octanol–water partition coefficient (Wildman–Crippen LogP) is 11.3. The second kappa shape index (κ2) is 9.65. The summed E-state index contributed by atoms with van der Waals surface area (Å²) in [5.74, 6) is 0.792. The highest BCUT2D eigenvalue weighted by Crippen LogP contribution is 2.46. The van der Waals surface area contributed by atoms with E-state index in [9.17, 15) is 5.48 Å². The largest absolute Gasteiger partial charge is 0.297 e. The Balaban J connectivity index is 1.48. The average molecular weight is 569 g/mol. The lowest BCUT2D eigenvalue weighted by atomic mass is 9.84. The Bertz CT molecular complexity index is 2920. The van der Waals surface area contributed by atoms with E-state index >= 15 is 0 Å². The van der Waals surface area contributed by atoms with Gasteiger partial charge in [0.15, 0.2) is 0 Å². The summed E-state index contributed by atoms with van der Waals surface area (Å²) in [7, 11) is 0. The van der Waals surface area contributed by atoms with Crippen molar-refractivity contribution in [3.05, 3.63) is 157 Å². The molecular weight excluding hydrogens is 532 g/mol. The first-order valence-electron chi connectivity index (χ1n) is 18.5. The van der Waals surface area contributed by atoms with E-state index in [-0.39, 0.29) is 45.7 Å². The Morgan fingerprint density at radius 1 is 0.545 bits per heavy atom. The van der Waals surface area contributed by atoms with Crippen molar-refractivity contribution in [2.24, 2.45) is 0 Å². The molecule has 0 amide bonds.